The highest BCUT2D eigenvalue weighted by Crippen LogP contribution is 2.35. The number of fused-ring (bicyclic) bond motifs is 1. The largest absolute Gasteiger partial charge is 0.215 e. The van der Waals surface area contributed by atoms with Gasteiger partial charge in [-0.2, -0.15) is 10.4 Å². The van der Waals surface area contributed by atoms with Gasteiger partial charge in [-0.1, -0.05) is 51.3 Å². The SMILES string of the molecule is N#Cc1cnn2c(Cl)c(-c3cccc(Br)c3)c(Cl)nc12. The number of hydrogen-bond acceptors (Lipinski definition) is 3. The van der Waals surface area contributed by atoms with Crippen LogP contribution in [0.5, 0.6) is 0 Å². The monoisotopic (exact) mass is 366 g/mol. The Hall–Kier alpha value is -1.61. The third kappa shape index (κ3) is 2.06. The summed E-state index contributed by atoms with van der Waals surface area (Å²) in [5.41, 5.74) is 2.07. The highest BCUT2D eigenvalue weighted by atomic mass is 79.9. The lowest BCUT2D eigenvalue weighted by Gasteiger charge is -2.08. The molecule has 7 heteroatoms. The van der Waals surface area contributed by atoms with Crippen molar-refractivity contribution in [3.8, 4) is 17.2 Å². The fourth-order valence-corrected chi connectivity index (χ4v) is 2.94. The van der Waals surface area contributed by atoms with Crippen molar-refractivity contribution in [3.63, 3.8) is 0 Å². The molecular weight excluding hydrogens is 363 g/mol. The van der Waals surface area contributed by atoms with Crippen molar-refractivity contribution in [3.05, 3.63) is 50.8 Å². The molecule has 0 bridgehead atoms. The highest BCUT2D eigenvalue weighted by molar-refractivity contribution is 9.10. The number of nitriles is 1. The molecule has 3 rings (SSSR count). The van der Waals surface area contributed by atoms with Gasteiger partial charge < -0.3 is 0 Å². The molecule has 0 spiro atoms. The van der Waals surface area contributed by atoms with Crippen LogP contribution in [0, 0.1) is 11.3 Å². The molecule has 0 atom stereocenters. The first-order valence-electron chi connectivity index (χ1n) is 5.50. The third-order valence-electron chi connectivity index (χ3n) is 2.78. The molecule has 2 heterocycles. The van der Waals surface area contributed by atoms with Crippen molar-refractivity contribution in [2.24, 2.45) is 0 Å². The Morgan fingerprint density at radius 1 is 1.30 bits per heavy atom. The van der Waals surface area contributed by atoms with Gasteiger partial charge in [0.1, 0.15) is 21.9 Å². The molecule has 0 aliphatic heterocycles. The van der Waals surface area contributed by atoms with E-state index in [9.17, 15) is 0 Å². The summed E-state index contributed by atoms with van der Waals surface area (Å²) in [6, 6.07) is 9.54. The predicted octanol–water partition coefficient (Wildman–Crippen LogP) is 4.34. The molecule has 0 fully saturated rings. The first-order chi connectivity index (χ1) is 9.61. The number of benzene rings is 1. The van der Waals surface area contributed by atoms with Crippen LogP contribution < -0.4 is 0 Å². The van der Waals surface area contributed by atoms with Gasteiger partial charge in [-0.15, -0.1) is 0 Å². The second kappa shape index (κ2) is 5.06. The van der Waals surface area contributed by atoms with E-state index >= 15 is 0 Å². The van der Waals surface area contributed by atoms with Gasteiger partial charge in [0.25, 0.3) is 0 Å². The molecule has 20 heavy (non-hydrogen) atoms. The Balaban J connectivity index is 2.35. The minimum atomic E-state index is 0.234. The molecular formula is C13H5BrCl2N4. The standard InChI is InChI=1S/C13H5BrCl2N4/c14-9-3-1-2-7(4-9)10-11(15)19-13-8(5-17)6-18-20(13)12(10)16/h1-4,6H. The van der Waals surface area contributed by atoms with E-state index in [1.807, 2.05) is 30.3 Å². The van der Waals surface area contributed by atoms with Crippen LogP contribution in [0.4, 0.5) is 0 Å². The number of nitrogens with zero attached hydrogens (tertiary/aromatic N) is 4. The summed E-state index contributed by atoms with van der Waals surface area (Å²) in [5, 5.41) is 13.6. The average Bonchev–Trinajstić information content (AvgIpc) is 2.82. The maximum atomic E-state index is 8.99. The normalized spacial score (nSPS) is 10.7. The zero-order chi connectivity index (χ0) is 14.3. The lowest BCUT2D eigenvalue weighted by atomic mass is 10.1. The fraction of sp³-hybridized carbons (Fsp3) is 0. The van der Waals surface area contributed by atoms with Gasteiger partial charge in [-0.25, -0.2) is 9.50 Å². The quantitative estimate of drug-likeness (QED) is 0.601. The van der Waals surface area contributed by atoms with E-state index in [-0.39, 0.29) is 5.15 Å². The topological polar surface area (TPSA) is 54.0 Å². The van der Waals surface area contributed by atoms with Crippen molar-refractivity contribution in [2.75, 3.05) is 0 Å². The molecule has 0 unspecified atom stereocenters. The zero-order valence-electron chi connectivity index (χ0n) is 9.81. The smallest absolute Gasteiger partial charge is 0.176 e. The number of aromatic nitrogens is 3. The number of hydrogen-bond donors (Lipinski definition) is 0. The Morgan fingerprint density at radius 2 is 2.10 bits per heavy atom. The van der Waals surface area contributed by atoms with Crippen molar-refractivity contribution >= 4 is 44.8 Å². The van der Waals surface area contributed by atoms with Crippen LogP contribution in [-0.2, 0) is 0 Å². The van der Waals surface area contributed by atoms with Gasteiger partial charge in [-0.05, 0) is 17.7 Å². The van der Waals surface area contributed by atoms with Gasteiger partial charge in [0.15, 0.2) is 5.65 Å². The lowest BCUT2D eigenvalue weighted by molar-refractivity contribution is 0.942. The van der Waals surface area contributed by atoms with Crippen LogP contribution in [0.3, 0.4) is 0 Å². The highest BCUT2D eigenvalue weighted by Gasteiger charge is 2.17. The maximum absolute atomic E-state index is 8.99. The second-order valence-electron chi connectivity index (χ2n) is 3.98. The molecule has 1 aromatic carbocycles. The van der Waals surface area contributed by atoms with Crippen molar-refractivity contribution < 1.29 is 0 Å². The predicted molar refractivity (Wildman–Crippen MR) is 80.9 cm³/mol. The van der Waals surface area contributed by atoms with Crippen molar-refractivity contribution in [1.82, 2.24) is 14.6 Å². The molecule has 0 saturated heterocycles. The molecule has 0 amide bonds. The Morgan fingerprint density at radius 3 is 2.80 bits per heavy atom. The minimum Gasteiger partial charge on any atom is -0.215 e. The van der Waals surface area contributed by atoms with Gasteiger partial charge >= 0.3 is 0 Å². The molecule has 0 aliphatic carbocycles. The first kappa shape index (κ1) is 13.4. The van der Waals surface area contributed by atoms with E-state index in [1.54, 1.807) is 0 Å². The molecule has 4 nitrogen and oxygen atoms in total. The summed E-state index contributed by atoms with van der Waals surface area (Å²) >= 11 is 16.0. The summed E-state index contributed by atoms with van der Waals surface area (Å²) in [7, 11) is 0. The van der Waals surface area contributed by atoms with Crippen LogP contribution in [0.1, 0.15) is 5.56 Å². The second-order valence-corrected chi connectivity index (χ2v) is 5.62. The third-order valence-corrected chi connectivity index (χ3v) is 3.90. The summed E-state index contributed by atoms with van der Waals surface area (Å²) in [4.78, 5) is 4.22. The van der Waals surface area contributed by atoms with Crippen LogP contribution in [-0.4, -0.2) is 14.6 Å². The summed E-state index contributed by atoms with van der Waals surface area (Å²) in [6.07, 6.45) is 1.41. The molecule has 2 aromatic heterocycles. The van der Waals surface area contributed by atoms with E-state index in [0.717, 1.165) is 10.0 Å². The van der Waals surface area contributed by atoms with E-state index in [0.29, 0.717) is 21.9 Å². The van der Waals surface area contributed by atoms with Crippen molar-refractivity contribution in [2.45, 2.75) is 0 Å². The van der Waals surface area contributed by atoms with Crippen LogP contribution in [0.25, 0.3) is 16.8 Å². The summed E-state index contributed by atoms with van der Waals surface area (Å²) in [6.45, 7) is 0. The van der Waals surface area contributed by atoms with Crippen LogP contribution in [0.2, 0.25) is 10.3 Å². The lowest BCUT2D eigenvalue weighted by Crippen LogP contribution is -1.97. The fourth-order valence-electron chi connectivity index (χ4n) is 1.89. The average molecular weight is 368 g/mol. The summed E-state index contributed by atoms with van der Waals surface area (Å²) < 4.78 is 2.31. The van der Waals surface area contributed by atoms with E-state index in [4.69, 9.17) is 28.5 Å². The zero-order valence-corrected chi connectivity index (χ0v) is 12.9. The van der Waals surface area contributed by atoms with Gasteiger partial charge in [-0.3, -0.25) is 0 Å². The molecule has 3 aromatic rings. The molecule has 0 aliphatic rings. The first-order valence-corrected chi connectivity index (χ1v) is 7.05. The summed E-state index contributed by atoms with van der Waals surface area (Å²) in [5.74, 6) is 0. The van der Waals surface area contributed by atoms with Crippen LogP contribution >= 0.6 is 39.1 Å². The van der Waals surface area contributed by atoms with Gasteiger partial charge in [0.2, 0.25) is 0 Å². The van der Waals surface area contributed by atoms with Crippen molar-refractivity contribution in [1.29, 1.82) is 5.26 Å². The Bertz CT molecular complexity index is 867. The Kier molecular flexibility index (Phi) is 3.38. The van der Waals surface area contributed by atoms with Gasteiger partial charge in [0, 0.05) is 4.47 Å². The maximum Gasteiger partial charge on any atom is 0.176 e. The van der Waals surface area contributed by atoms with E-state index in [2.05, 4.69) is 26.0 Å². The Labute approximate surface area is 132 Å². The molecule has 0 N–H and O–H groups in total. The molecule has 0 radical (unpaired) electrons. The minimum absolute atomic E-state index is 0.234. The van der Waals surface area contributed by atoms with E-state index < -0.39 is 0 Å². The number of rotatable bonds is 1. The van der Waals surface area contributed by atoms with Crippen LogP contribution in [0.15, 0.2) is 34.9 Å². The molecule has 0 saturated carbocycles. The number of halogens is 3. The van der Waals surface area contributed by atoms with E-state index in [1.165, 1.54) is 10.7 Å². The molecule has 98 valence electrons. The van der Waals surface area contributed by atoms with Gasteiger partial charge in [0.05, 0.1) is 11.8 Å².